The van der Waals surface area contributed by atoms with Crippen molar-refractivity contribution in [2.45, 2.75) is 23.8 Å². The molecule has 8 heteroatoms. The number of benzene rings is 1. The Morgan fingerprint density at radius 3 is 2.55 bits per heavy atom. The Morgan fingerprint density at radius 1 is 1.35 bits per heavy atom. The van der Waals surface area contributed by atoms with Crippen molar-refractivity contribution in [1.82, 2.24) is 4.31 Å². The van der Waals surface area contributed by atoms with Gasteiger partial charge < -0.3 is 15.6 Å². The quantitative estimate of drug-likeness (QED) is 0.851. The van der Waals surface area contributed by atoms with Crippen LogP contribution in [0.3, 0.4) is 0 Å². The molecule has 1 aliphatic rings. The van der Waals surface area contributed by atoms with Crippen molar-refractivity contribution in [3.05, 3.63) is 24.3 Å². The highest BCUT2D eigenvalue weighted by atomic mass is 32.2. The molecule has 1 aliphatic heterocycles. The summed E-state index contributed by atoms with van der Waals surface area (Å²) < 4.78 is 30.9. The number of phenols is 1. The van der Waals surface area contributed by atoms with Crippen LogP contribution in [0.25, 0.3) is 0 Å². The summed E-state index contributed by atoms with van der Waals surface area (Å²) in [5.74, 6) is -0.0991. The maximum absolute atomic E-state index is 12.4. The van der Waals surface area contributed by atoms with Gasteiger partial charge in [-0.15, -0.1) is 0 Å². The molecule has 20 heavy (non-hydrogen) atoms. The van der Waals surface area contributed by atoms with E-state index in [4.69, 9.17) is 10.5 Å². The molecule has 1 aromatic rings. The number of piperidine rings is 1. The number of carbonyl (C=O) groups is 1. The molecule has 1 fully saturated rings. The van der Waals surface area contributed by atoms with Crippen LogP contribution in [0.1, 0.15) is 12.8 Å². The first kappa shape index (κ1) is 14.6. The average Bonchev–Trinajstić information content (AvgIpc) is 2.38. The van der Waals surface area contributed by atoms with Crippen molar-refractivity contribution < 1.29 is 23.1 Å². The van der Waals surface area contributed by atoms with Gasteiger partial charge in [0, 0.05) is 13.1 Å². The number of nitrogens with zero attached hydrogens (tertiary/aromatic N) is 1. The molecule has 0 atom stereocenters. The first-order valence-corrected chi connectivity index (χ1v) is 7.59. The lowest BCUT2D eigenvalue weighted by atomic mass is 10.1. The number of hydrogen-bond donors (Lipinski definition) is 2. The van der Waals surface area contributed by atoms with E-state index in [1.54, 1.807) is 0 Å². The summed E-state index contributed by atoms with van der Waals surface area (Å²) in [6, 6.07) is 5.53. The molecule has 0 unspecified atom stereocenters. The summed E-state index contributed by atoms with van der Waals surface area (Å²) >= 11 is 0. The van der Waals surface area contributed by atoms with E-state index in [0.29, 0.717) is 12.8 Å². The van der Waals surface area contributed by atoms with E-state index < -0.39 is 16.1 Å². The summed E-state index contributed by atoms with van der Waals surface area (Å²) in [4.78, 5) is 10.7. The molecule has 1 heterocycles. The van der Waals surface area contributed by atoms with Crippen molar-refractivity contribution in [2.24, 2.45) is 5.73 Å². The minimum atomic E-state index is -3.63. The van der Waals surface area contributed by atoms with Gasteiger partial charge >= 0.3 is 6.09 Å². The van der Waals surface area contributed by atoms with Gasteiger partial charge in [0.15, 0.2) is 0 Å². The highest BCUT2D eigenvalue weighted by molar-refractivity contribution is 7.89. The number of sulfonamides is 1. The summed E-state index contributed by atoms with van der Waals surface area (Å²) in [5.41, 5.74) is 4.93. The minimum absolute atomic E-state index is 0.0479. The molecular formula is C12H16N2O5S. The van der Waals surface area contributed by atoms with Crippen molar-refractivity contribution in [2.75, 3.05) is 13.1 Å². The highest BCUT2D eigenvalue weighted by Gasteiger charge is 2.30. The number of hydrogen-bond acceptors (Lipinski definition) is 5. The number of ether oxygens (including phenoxy) is 1. The average molecular weight is 300 g/mol. The Hall–Kier alpha value is -1.80. The lowest BCUT2D eigenvalue weighted by Crippen LogP contribution is -2.41. The molecule has 110 valence electrons. The zero-order valence-electron chi connectivity index (χ0n) is 10.7. The summed E-state index contributed by atoms with van der Waals surface area (Å²) in [5, 5.41) is 9.36. The smallest absolute Gasteiger partial charge is 0.404 e. The zero-order chi connectivity index (χ0) is 14.8. The zero-order valence-corrected chi connectivity index (χ0v) is 11.5. The number of aromatic hydroxyl groups is 1. The molecule has 2 rings (SSSR count). The lowest BCUT2D eigenvalue weighted by Gasteiger charge is -2.30. The molecule has 0 spiro atoms. The molecule has 0 aromatic heterocycles. The first-order chi connectivity index (χ1) is 9.39. The maximum atomic E-state index is 12.4. The lowest BCUT2D eigenvalue weighted by molar-refractivity contribution is 0.0741. The molecule has 0 radical (unpaired) electrons. The highest BCUT2D eigenvalue weighted by Crippen LogP contribution is 2.24. The van der Waals surface area contributed by atoms with Gasteiger partial charge in [0.25, 0.3) is 0 Å². The Kier molecular flexibility index (Phi) is 4.15. The fraction of sp³-hybridized carbons (Fsp3) is 0.417. The third kappa shape index (κ3) is 3.20. The molecule has 1 aromatic carbocycles. The van der Waals surface area contributed by atoms with E-state index in [-0.39, 0.29) is 29.8 Å². The van der Waals surface area contributed by atoms with Gasteiger partial charge in [-0.1, -0.05) is 6.07 Å². The van der Waals surface area contributed by atoms with E-state index >= 15 is 0 Å². The van der Waals surface area contributed by atoms with E-state index in [9.17, 15) is 18.3 Å². The fourth-order valence-corrected chi connectivity index (χ4v) is 3.66. The van der Waals surface area contributed by atoms with Crippen molar-refractivity contribution >= 4 is 16.1 Å². The third-order valence-corrected chi connectivity index (χ3v) is 5.03. The maximum Gasteiger partial charge on any atom is 0.404 e. The van der Waals surface area contributed by atoms with Gasteiger partial charge in [-0.2, -0.15) is 4.31 Å². The Balaban J connectivity index is 2.08. The molecule has 0 bridgehead atoms. The van der Waals surface area contributed by atoms with Crippen LogP contribution in [0.4, 0.5) is 4.79 Å². The minimum Gasteiger partial charge on any atom is -0.508 e. The Bertz CT molecular complexity index is 594. The van der Waals surface area contributed by atoms with Crippen molar-refractivity contribution in [3.8, 4) is 5.75 Å². The summed E-state index contributed by atoms with van der Waals surface area (Å²) in [6.45, 7) is 0.492. The van der Waals surface area contributed by atoms with Gasteiger partial charge in [0.1, 0.15) is 11.9 Å². The van der Waals surface area contributed by atoms with Crippen LogP contribution in [0.5, 0.6) is 5.75 Å². The molecule has 1 saturated heterocycles. The number of amides is 1. The van der Waals surface area contributed by atoms with E-state index in [2.05, 4.69) is 0 Å². The van der Waals surface area contributed by atoms with Gasteiger partial charge in [-0.25, -0.2) is 13.2 Å². The number of rotatable bonds is 3. The second-order valence-electron chi connectivity index (χ2n) is 4.54. The van der Waals surface area contributed by atoms with Crippen LogP contribution in [0.2, 0.25) is 0 Å². The van der Waals surface area contributed by atoms with Crippen LogP contribution in [0.15, 0.2) is 29.2 Å². The number of carbonyl (C=O) groups excluding carboxylic acids is 1. The second-order valence-corrected chi connectivity index (χ2v) is 6.48. The fourth-order valence-electron chi connectivity index (χ4n) is 2.15. The van der Waals surface area contributed by atoms with Crippen LogP contribution in [-0.4, -0.2) is 43.1 Å². The van der Waals surface area contributed by atoms with Crippen LogP contribution >= 0.6 is 0 Å². The molecule has 7 nitrogen and oxygen atoms in total. The monoisotopic (exact) mass is 300 g/mol. The normalized spacial score (nSPS) is 17.8. The summed E-state index contributed by atoms with van der Waals surface area (Å²) in [7, 11) is -3.63. The van der Waals surface area contributed by atoms with Gasteiger partial charge in [-0.3, -0.25) is 0 Å². The predicted molar refractivity (Wildman–Crippen MR) is 70.6 cm³/mol. The third-order valence-electron chi connectivity index (χ3n) is 3.14. The number of phenolic OH excluding ortho intramolecular Hbond substituents is 1. The first-order valence-electron chi connectivity index (χ1n) is 6.15. The van der Waals surface area contributed by atoms with Crippen LogP contribution < -0.4 is 5.73 Å². The van der Waals surface area contributed by atoms with E-state index in [1.165, 1.54) is 28.6 Å². The molecule has 3 N–H and O–H groups in total. The molecular weight excluding hydrogens is 284 g/mol. The van der Waals surface area contributed by atoms with Gasteiger partial charge in [-0.05, 0) is 31.0 Å². The van der Waals surface area contributed by atoms with Gasteiger partial charge in [0.2, 0.25) is 10.0 Å². The van der Waals surface area contributed by atoms with Gasteiger partial charge in [0.05, 0.1) is 4.90 Å². The standard InChI is InChI=1S/C12H16N2O5S/c13-12(16)19-10-4-6-14(7-5-10)20(17,18)11-3-1-2-9(15)8-11/h1-3,8,10,15H,4-7H2,(H2,13,16). The Morgan fingerprint density at radius 2 is 2.00 bits per heavy atom. The summed E-state index contributed by atoms with van der Waals surface area (Å²) in [6.07, 6.45) is -0.385. The SMILES string of the molecule is NC(=O)OC1CCN(S(=O)(=O)c2cccc(O)c2)CC1. The van der Waals surface area contributed by atoms with Crippen molar-refractivity contribution in [1.29, 1.82) is 0 Å². The largest absolute Gasteiger partial charge is 0.508 e. The number of nitrogens with two attached hydrogens (primary N) is 1. The predicted octanol–water partition coefficient (Wildman–Crippen LogP) is 0.641. The van der Waals surface area contributed by atoms with E-state index in [0.717, 1.165) is 0 Å². The second kappa shape index (κ2) is 5.68. The molecule has 0 saturated carbocycles. The van der Waals surface area contributed by atoms with E-state index in [1.807, 2.05) is 0 Å². The molecule has 0 aliphatic carbocycles. The molecule has 1 amide bonds. The van der Waals surface area contributed by atoms with Crippen LogP contribution in [-0.2, 0) is 14.8 Å². The van der Waals surface area contributed by atoms with Crippen LogP contribution in [0, 0.1) is 0 Å². The number of primary amides is 1. The Labute approximate surface area is 117 Å². The van der Waals surface area contributed by atoms with Crippen molar-refractivity contribution in [3.63, 3.8) is 0 Å². The topological polar surface area (TPSA) is 110 Å².